The second kappa shape index (κ2) is 5.90. The third-order valence-corrected chi connectivity index (χ3v) is 4.05. The molecule has 5 heteroatoms. The van der Waals surface area contributed by atoms with Crippen LogP contribution in [-0.4, -0.2) is 31.2 Å². The number of pyridine rings is 1. The van der Waals surface area contributed by atoms with Gasteiger partial charge in [0, 0.05) is 32.4 Å². The molecule has 0 amide bonds. The van der Waals surface area contributed by atoms with Crippen LogP contribution < -0.4 is 9.80 Å². The summed E-state index contributed by atoms with van der Waals surface area (Å²) in [7, 11) is 0. The summed E-state index contributed by atoms with van der Waals surface area (Å²) in [6.45, 7) is 3.74. The fourth-order valence-corrected chi connectivity index (χ4v) is 2.81. The van der Waals surface area contributed by atoms with Gasteiger partial charge in [-0.15, -0.1) is 0 Å². The molecular weight excluding hydrogens is 293 g/mol. The molecule has 1 saturated heterocycles. The Labute approximate surface area is 128 Å². The van der Waals surface area contributed by atoms with Gasteiger partial charge < -0.3 is 9.80 Å². The van der Waals surface area contributed by atoms with Crippen LogP contribution in [0.15, 0.2) is 42.6 Å². The summed E-state index contributed by atoms with van der Waals surface area (Å²) in [5, 5.41) is 1.48. The van der Waals surface area contributed by atoms with Crippen LogP contribution in [0.4, 0.5) is 11.5 Å². The van der Waals surface area contributed by atoms with E-state index in [9.17, 15) is 0 Å². The number of benzene rings is 1. The van der Waals surface area contributed by atoms with E-state index in [0.717, 1.165) is 42.7 Å². The number of rotatable bonds is 2. The van der Waals surface area contributed by atoms with Crippen molar-refractivity contribution >= 4 is 34.7 Å². The van der Waals surface area contributed by atoms with E-state index in [1.807, 2.05) is 30.3 Å². The van der Waals surface area contributed by atoms with Crippen LogP contribution in [-0.2, 0) is 0 Å². The zero-order valence-corrected chi connectivity index (χ0v) is 12.5. The molecule has 2 aromatic rings. The first-order valence-electron chi connectivity index (χ1n) is 6.60. The summed E-state index contributed by atoms with van der Waals surface area (Å²) < 4.78 is 0. The van der Waals surface area contributed by atoms with Gasteiger partial charge in [0.05, 0.1) is 15.7 Å². The Morgan fingerprint density at radius 2 is 1.55 bits per heavy atom. The second-order valence-corrected chi connectivity index (χ2v) is 5.60. The van der Waals surface area contributed by atoms with Gasteiger partial charge >= 0.3 is 0 Å². The first-order valence-corrected chi connectivity index (χ1v) is 7.35. The lowest BCUT2D eigenvalue weighted by Gasteiger charge is -2.37. The highest BCUT2D eigenvalue weighted by molar-refractivity contribution is 6.33. The van der Waals surface area contributed by atoms with E-state index in [0.29, 0.717) is 5.02 Å². The molecule has 0 bridgehead atoms. The molecule has 0 N–H and O–H groups in total. The Balaban J connectivity index is 1.68. The molecule has 1 aliphatic rings. The molecule has 1 aromatic heterocycles. The number of hydrogen-bond acceptors (Lipinski definition) is 3. The summed E-state index contributed by atoms with van der Waals surface area (Å²) in [5.41, 5.74) is 1.11. The van der Waals surface area contributed by atoms with Gasteiger partial charge in [0.25, 0.3) is 0 Å². The number of aromatic nitrogens is 1. The molecule has 1 aromatic carbocycles. The average molecular weight is 308 g/mol. The van der Waals surface area contributed by atoms with Crippen LogP contribution in [0.5, 0.6) is 0 Å². The summed E-state index contributed by atoms with van der Waals surface area (Å²) in [5.74, 6) is 0.980. The van der Waals surface area contributed by atoms with Crippen molar-refractivity contribution in [1.29, 1.82) is 0 Å². The minimum atomic E-state index is 0.670. The fraction of sp³-hybridized carbons (Fsp3) is 0.267. The number of hydrogen-bond donors (Lipinski definition) is 0. The van der Waals surface area contributed by atoms with E-state index in [2.05, 4.69) is 20.9 Å². The van der Waals surface area contributed by atoms with Gasteiger partial charge in [0.2, 0.25) is 0 Å². The molecule has 0 aliphatic carbocycles. The van der Waals surface area contributed by atoms with E-state index in [4.69, 9.17) is 23.2 Å². The van der Waals surface area contributed by atoms with Gasteiger partial charge in [-0.2, -0.15) is 0 Å². The lowest BCUT2D eigenvalue weighted by molar-refractivity contribution is 0.647. The molecular formula is C15H15Cl2N3. The van der Waals surface area contributed by atoms with E-state index in [1.165, 1.54) is 0 Å². The molecule has 0 unspecified atom stereocenters. The van der Waals surface area contributed by atoms with Crippen molar-refractivity contribution in [1.82, 2.24) is 4.98 Å². The van der Waals surface area contributed by atoms with Gasteiger partial charge in [0.1, 0.15) is 5.82 Å². The number of anilines is 2. The maximum atomic E-state index is 6.25. The van der Waals surface area contributed by atoms with Gasteiger partial charge in [0.15, 0.2) is 0 Å². The molecule has 3 nitrogen and oxygen atoms in total. The highest BCUT2D eigenvalue weighted by Gasteiger charge is 2.19. The summed E-state index contributed by atoms with van der Waals surface area (Å²) in [4.78, 5) is 8.95. The Bertz CT molecular complexity index is 578. The monoisotopic (exact) mass is 307 g/mol. The molecule has 3 rings (SSSR count). The molecule has 0 radical (unpaired) electrons. The first kappa shape index (κ1) is 13.5. The van der Waals surface area contributed by atoms with Crippen molar-refractivity contribution in [2.24, 2.45) is 0 Å². The van der Waals surface area contributed by atoms with Gasteiger partial charge in [-0.1, -0.05) is 35.3 Å². The maximum absolute atomic E-state index is 6.25. The summed E-state index contributed by atoms with van der Waals surface area (Å²) in [6, 6.07) is 11.8. The third-order valence-electron chi connectivity index (χ3n) is 3.51. The number of halogens is 2. The SMILES string of the molecule is Clc1ccc(N2CCN(c3ccccc3Cl)CC2)nc1. The molecule has 104 valence electrons. The predicted molar refractivity (Wildman–Crippen MR) is 85.1 cm³/mol. The first-order chi connectivity index (χ1) is 9.74. The smallest absolute Gasteiger partial charge is 0.128 e. The maximum Gasteiger partial charge on any atom is 0.128 e. The lowest BCUT2D eigenvalue weighted by atomic mass is 10.2. The molecule has 0 atom stereocenters. The van der Waals surface area contributed by atoms with Crippen molar-refractivity contribution in [3.63, 3.8) is 0 Å². The van der Waals surface area contributed by atoms with Crippen molar-refractivity contribution in [2.75, 3.05) is 36.0 Å². The quantitative estimate of drug-likeness (QED) is 0.843. The third kappa shape index (κ3) is 2.84. The van der Waals surface area contributed by atoms with Crippen LogP contribution in [0.2, 0.25) is 10.0 Å². The van der Waals surface area contributed by atoms with E-state index in [-0.39, 0.29) is 0 Å². The van der Waals surface area contributed by atoms with E-state index in [1.54, 1.807) is 6.20 Å². The zero-order chi connectivity index (χ0) is 13.9. The van der Waals surface area contributed by atoms with Gasteiger partial charge in [-0.25, -0.2) is 4.98 Å². The van der Waals surface area contributed by atoms with Crippen molar-refractivity contribution in [2.45, 2.75) is 0 Å². The van der Waals surface area contributed by atoms with E-state index < -0.39 is 0 Å². The Hall–Kier alpha value is -1.45. The molecule has 20 heavy (non-hydrogen) atoms. The van der Waals surface area contributed by atoms with Crippen LogP contribution in [0, 0.1) is 0 Å². The second-order valence-electron chi connectivity index (χ2n) is 4.76. The fourth-order valence-electron chi connectivity index (χ4n) is 2.44. The largest absolute Gasteiger partial charge is 0.367 e. The number of para-hydroxylation sites is 1. The van der Waals surface area contributed by atoms with Crippen LogP contribution in [0.3, 0.4) is 0 Å². The van der Waals surface area contributed by atoms with Gasteiger partial charge in [-0.3, -0.25) is 0 Å². The molecule has 0 saturated carbocycles. The van der Waals surface area contributed by atoms with Crippen LogP contribution in [0.25, 0.3) is 0 Å². The Morgan fingerprint density at radius 3 is 2.20 bits per heavy atom. The summed E-state index contributed by atoms with van der Waals surface area (Å²) >= 11 is 12.1. The van der Waals surface area contributed by atoms with E-state index >= 15 is 0 Å². The normalized spacial score (nSPS) is 15.5. The standard InChI is InChI=1S/C15H15Cl2N3/c16-12-5-6-15(18-11-12)20-9-7-19(8-10-20)14-4-2-1-3-13(14)17/h1-6,11H,7-10H2. The lowest BCUT2D eigenvalue weighted by Crippen LogP contribution is -2.46. The topological polar surface area (TPSA) is 19.4 Å². The minimum Gasteiger partial charge on any atom is -0.367 e. The Kier molecular flexibility index (Phi) is 3.99. The highest BCUT2D eigenvalue weighted by atomic mass is 35.5. The van der Waals surface area contributed by atoms with Crippen molar-refractivity contribution in [3.8, 4) is 0 Å². The van der Waals surface area contributed by atoms with Crippen molar-refractivity contribution in [3.05, 3.63) is 52.6 Å². The molecule has 0 spiro atoms. The minimum absolute atomic E-state index is 0.670. The van der Waals surface area contributed by atoms with Gasteiger partial charge in [-0.05, 0) is 24.3 Å². The van der Waals surface area contributed by atoms with Crippen molar-refractivity contribution < 1.29 is 0 Å². The molecule has 1 fully saturated rings. The molecule has 1 aliphatic heterocycles. The average Bonchev–Trinajstić information content (AvgIpc) is 2.49. The Morgan fingerprint density at radius 1 is 0.850 bits per heavy atom. The van der Waals surface area contributed by atoms with Crippen LogP contribution >= 0.6 is 23.2 Å². The zero-order valence-electron chi connectivity index (χ0n) is 11.0. The molecule has 2 heterocycles. The number of piperazine rings is 1. The summed E-state index contributed by atoms with van der Waals surface area (Å²) in [6.07, 6.45) is 1.69. The highest BCUT2D eigenvalue weighted by Crippen LogP contribution is 2.26. The number of nitrogens with zero attached hydrogens (tertiary/aromatic N) is 3. The predicted octanol–water partition coefficient (Wildman–Crippen LogP) is 3.72. The van der Waals surface area contributed by atoms with Crippen LogP contribution in [0.1, 0.15) is 0 Å².